The summed E-state index contributed by atoms with van der Waals surface area (Å²) in [7, 11) is 1.65. The summed E-state index contributed by atoms with van der Waals surface area (Å²) >= 11 is 0. The van der Waals surface area contributed by atoms with Gasteiger partial charge >= 0.3 is 0 Å². The van der Waals surface area contributed by atoms with Crippen molar-refractivity contribution in [3.05, 3.63) is 82.6 Å². The molecule has 1 fully saturated rings. The van der Waals surface area contributed by atoms with E-state index in [1.54, 1.807) is 12.0 Å². The third-order valence-corrected chi connectivity index (χ3v) is 6.30. The first-order valence-corrected chi connectivity index (χ1v) is 11.5. The number of carbonyl (C=O) groups is 1. The van der Waals surface area contributed by atoms with E-state index in [2.05, 4.69) is 4.90 Å². The average Bonchev–Trinajstić information content (AvgIpc) is 2.89. The molecular formula is C26H27FN4O3. The highest BCUT2D eigenvalue weighted by Crippen LogP contribution is 2.29. The number of hydrogen-bond acceptors (Lipinski definition) is 6. The second-order valence-electron chi connectivity index (χ2n) is 8.50. The summed E-state index contributed by atoms with van der Waals surface area (Å²) in [5.74, 6) is 2.00. The number of rotatable bonds is 5. The molecule has 2 aliphatic heterocycles. The zero-order chi connectivity index (χ0) is 23.5. The van der Waals surface area contributed by atoms with Gasteiger partial charge in [0.05, 0.1) is 32.6 Å². The van der Waals surface area contributed by atoms with Gasteiger partial charge in [0, 0.05) is 43.6 Å². The second-order valence-corrected chi connectivity index (χ2v) is 8.50. The number of benzene rings is 2. The normalized spacial score (nSPS) is 15.7. The number of carbonyl (C=O) groups excluding carboxylic acids is 1. The third-order valence-electron chi connectivity index (χ3n) is 6.30. The van der Waals surface area contributed by atoms with Gasteiger partial charge in [-0.2, -0.15) is 0 Å². The number of hydrogen-bond donors (Lipinski definition) is 0. The van der Waals surface area contributed by atoms with Crippen molar-refractivity contribution in [2.24, 2.45) is 0 Å². The Labute approximate surface area is 198 Å². The zero-order valence-electron chi connectivity index (χ0n) is 19.2. The number of halogens is 1. The predicted molar refractivity (Wildman–Crippen MR) is 126 cm³/mol. The quantitative estimate of drug-likeness (QED) is 0.580. The maximum absolute atomic E-state index is 13.3. The van der Waals surface area contributed by atoms with E-state index < -0.39 is 0 Å². The predicted octanol–water partition coefficient (Wildman–Crippen LogP) is 3.25. The van der Waals surface area contributed by atoms with Crippen LogP contribution in [0.3, 0.4) is 0 Å². The molecule has 0 N–H and O–H groups in total. The molecule has 3 heterocycles. The summed E-state index contributed by atoms with van der Waals surface area (Å²) in [5.41, 5.74) is 3.57. The summed E-state index contributed by atoms with van der Waals surface area (Å²) in [5, 5.41) is 0. The molecule has 0 spiro atoms. The van der Waals surface area contributed by atoms with Gasteiger partial charge in [0.1, 0.15) is 23.2 Å². The van der Waals surface area contributed by atoms with Gasteiger partial charge in [-0.15, -0.1) is 0 Å². The molecule has 0 unspecified atom stereocenters. The average molecular weight is 463 g/mol. The lowest BCUT2D eigenvalue weighted by Gasteiger charge is -2.34. The van der Waals surface area contributed by atoms with Gasteiger partial charge in [0.2, 0.25) is 0 Å². The van der Waals surface area contributed by atoms with E-state index in [4.69, 9.17) is 19.4 Å². The fraction of sp³-hybridized carbons (Fsp3) is 0.346. The van der Waals surface area contributed by atoms with Crippen molar-refractivity contribution in [2.45, 2.75) is 19.4 Å². The molecule has 2 aliphatic rings. The number of amides is 1. The Hall–Kier alpha value is -3.52. The third kappa shape index (κ3) is 4.72. The summed E-state index contributed by atoms with van der Waals surface area (Å²) < 4.78 is 24.1. The lowest BCUT2D eigenvalue weighted by molar-refractivity contribution is 0.0732. The Balaban J connectivity index is 1.44. The van der Waals surface area contributed by atoms with Gasteiger partial charge in [0.25, 0.3) is 5.91 Å². The molecule has 176 valence electrons. The van der Waals surface area contributed by atoms with Crippen molar-refractivity contribution in [1.29, 1.82) is 0 Å². The molecule has 0 aliphatic carbocycles. The van der Waals surface area contributed by atoms with Crippen molar-refractivity contribution >= 4 is 11.7 Å². The standard InChI is InChI=1S/C26H27FN4O3/c1-33-21-8-2-18(3-9-21)16-24-28-23-10-11-31(26(32)19-4-6-20(27)7-5-19)17-22(23)25(29-24)30-12-14-34-15-13-30/h2-9H,10-17H2,1H3. The van der Waals surface area contributed by atoms with Crippen LogP contribution in [0.2, 0.25) is 0 Å². The van der Waals surface area contributed by atoms with E-state index in [9.17, 15) is 9.18 Å². The molecule has 0 atom stereocenters. The van der Waals surface area contributed by atoms with Crippen LogP contribution in [0.1, 0.15) is 33.0 Å². The molecule has 5 rings (SSSR count). The second kappa shape index (κ2) is 9.77. The number of anilines is 1. The minimum absolute atomic E-state index is 0.110. The van der Waals surface area contributed by atoms with E-state index in [-0.39, 0.29) is 11.7 Å². The minimum atomic E-state index is -0.354. The summed E-state index contributed by atoms with van der Waals surface area (Å²) in [6.45, 7) is 3.77. The smallest absolute Gasteiger partial charge is 0.254 e. The van der Waals surface area contributed by atoms with E-state index >= 15 is 0 Å². The maximum Gasteiger partial charge on any atom is 0.254 e. The van der Waals surface area contributed by atoms with Gasteiger partial charge in [-0.05, 0) is 42.0 Å². The van der Waals surface area contributed by atoms with Crippen molar-refractivity contribution < 1.29 is 18.7 Å². The molecule has 34 heavy (non-hydrogen) atoms. The maximum atomic E-state index is 13.3. The van der Waals surface area contributed by atoms with Crippen molar-refractivity contribution in [3.63, 3.8) is 0 Å². The van der Waals surface area contributed by atoms with Crippen LogP contribution in [0.5, 0.6) is 5.75 Å². The highest BCUT2D eigenvalue weighted by atomic mass is 19.1. The molecule has 0 radical (unpaired) electrons. The van der Waals surface area contributed by atoms with Crippen LogP contribution in [0, 0.1) is 5.82 Å². The minimum Gasteiger partial charge on any atom is -0.497 e. The van der Waals surface area contributed by atoms with E-state index in [1.165, 1.54) is 24.3 Å². The van der Waals surface area contributed by atoms with Gasteiger partial charge in [0.15, 0.2) is 0 Å². The lowest BCUT2D eigenvalue weighted by Crippen LogP contribution is -2.41. The van der Waals surface area contributed by atoms with Crippen LogP contribution in [0.15, 0.2) is 48.5 Å². The number of ether oxygens (including phenoxy) is 2. The van der Waals surface area contributed by atoms with Gasteiger partial charge in [-0.1, -0.05) is 12.1 Å². The Kier molecular flexibility index (Phi) is 6.40. The van der Waals surface area contributed by atoms with Gasteiger partial charge in [-0.25, -0.2) is 14.4 Å². The number of nitrogens with zero attached hydrogens (tertiary/aromatic N) is 4. The molecule has 3 aromatic rings. The summed E-state index contributed by atoms with van der Waals surface area (Å²) in [6.07, 6.45) is 1.27. The van der Waals surface area contributed by atoms with Gasteiger partial charge < -0.3 is 19.3 Å². The summed E-state index contributed by atoms with van der Waals surface area (Å²) in [6, 6.07) is 13.6. The fourth-order valence-corrected chi connectivity index (χ4v) is 4.44. The Bertz CT molecular complexity index is 1160. The zero-order valence-corrected chi connectivity index (χ0v) is 19.2. The van der Waals surface area contributed by atoms with Crippen LogP contribution in [0.4, 0.5) is 10.2 Å². The number of aromatic nitrogens is 2. The molecule has 0 bridgehead atoms. The topological polar surface area (TPSA) is 67.8 Å². The molecule has 8 heteroatoms. The van der Waals surface area contributed by atoms with Crippen molar-refractivity contribution in [1.82, 2.24) is 14.9 Å². The van der Waals surface area contributed by atoms with E-state index in [1.807, 2.05) is 24.3 Å². The fourth-order valence-electron chi connectivity index (χ4n) is 4.44. The number of fused-ring (bicyclic) bond motifs is 1. The Morgan fingerprint density at radius 1 is 1.03 bits per heavy atom. The molecule has 1 saturated heterocycles. The van der Waals surface area contributed by atoms with E-state index in [0.29, 0.717) is 44.7 Å². The van der Waals surface area contributed by atoms with Gasteiger partial charge in [-0.3, -0.25) is 4.79 Å². The lowest BCUT2D eigenvalue weighted by atomic mass is 10.0. The first-order chi connectivity index (χ1) is 16.6. The SMILES string of the molecule is COc1ccc(Cc2nc3c(c(N4CCOCC4)n2)CN(C(=O)c2ccc(F)cc2)CC3)cc1. The Morgan fingerprint density at radius 2 is 1.76 bits per heavy atom. The first-order valence-electron chi connectivity index (χ1n) is 11.5. The van der Waals surface area contributed by atoms with Crippen LogP contribution in [-0.4, -0.2) is 60.7 Å². The number of morpholine rings is 1. The summed E-state index contributed by atoms with van der Waals surface area (Å²) in [4.78, 5) is 27.0. The van der Waals surface area contributed by atoms with Crippen molar-refractivity contribution in [3.8, 4) is 5.75 Å². The first kappa shape index (κ1) is 22.3. The monoisotopic (exact) mass is 462 g/mol. The Morgan fingerprint density at radius 3 is 2.47 bits per heavy atom. The number of methoxy groups -OCH3 is 1. The molecule has 0 saturated carbocycles. The van der Waals surface area contributed by atoms with Crippen molar-refractivity contribution in [2.75, 3.05) is 44.9 Å². The molecule has 1 amide bonds. The van der Waals surface area contributed by atoms with Crippen LogP contribution < -0.4 is 9.64 Å². The molecule has 1 aromatic heterocycles. The highest BCUT2D eigenvalue weighted by Gasteiger charge is 2.29. The molecular weight excluding hydrogens is 435 g/mol. The molecule has 2 aromatic carbocycles. The largest absolute Gasteiger partial charge is 0.497 e. The van der Waals surface area contributed by atoms with Crippen LogP contribution >= 0.6 is 0 Å². The van der Waals surface area contributed by atoms with E-state index in [0.717, 1.165) is 47.3 Å². The van der Waals surface area contributed by atoms with Crippen LogP contribution in [0.25, 0.3) is 0 Å². The highest BCUT2D eigenvalue weighted by molar-refractivity contribution is 5.94. The van der Waals surface area contributed by atoms with Crippen LogP contribution in [-0.2, 0) is 24.1 Å². The molecule has 7 nitrogen and oxygen atoms in total.